The maximum absolute atomic E-state index is 12.7. The molecule has 2 heterocycles. The van der Waals surface area contributed by atoms with Gasteiger partial charge in [-0.15, -0.1) is 0 Å². The van der Waals surface area contributed by atoms with Crippen LogP contribution in [0.25, 0.3) is 0 Å². The maximum atomic E-state index is 12.7. The Bertz CT molecular complexity index is 943. The number of pyridine rings is 1. The summed E-state index contributed by atoms with van der Waals surface area (Å²) in [4.78, 5) is 18.8. The van der Waals surface area contributed by atoms with Gasteiger partial charge in [-0.3, -0.25) is 9.78 Å². The number of nitrogens with one attached hydrogen (secondary N) is 1. The van der Waals surface area contributed by atoms with Crippen molar-refractivity contribution in [2.24, 2.45) is 5.92 Å². The lowest BCUT2D eigenvalue weighted by atomic mass is 9.99. The van der Waals surface area contributed by atoms with E-state index in [0.29, 0.717) is 31.8 Å². The third-order valence-corrected chi connectivity index (χ3v) is 6.65. The molecule has 1 aliphatic rings. The topological polar surface area (TPSA) is 79.4 Å². The lowest BCUT2D eigenvalue weighted by molar-refractivity contribution is -0.132. The second-order valence-corrected chi connectivity index (χ2v) is 9.66. The van der Waals surface area contributed by atoms with Crippen molar-refractivity contribution in [1.82, 2.24) is 14.6 Å². The van der Waals surface area contributed by atoms with E-state index in [1.165, 1.54) is 0 Å². The first kappa shape index (κ1) is 21.5. The maximum Gasteiger partial charge on any atom is 0.240 e. The monoisotopic (exact) mass is 415 g/mol. The second-order valence-electron chi connectivity index (χ2n) is 7.90. The van der Waals surface area contributed by atoms with Gasteiger partial charge < -0.3 is 4.90 Å². The number of amides is 1. The summed E-state index contributed by atoms with van der Waals surface area (Å²) in [6, 6.07) is 10.8. The first-order chi connectivity index (χ1) is 13.8. The van der Waals surface area contributed by atoms with Crippen molar-refractivity contribution < 1.29 is 13.2 Å². The number of hydrogen-bond acceptors (Lipinski definition) is 4. The Morgan fingerprint density at radius 2 is 2.03 bits per heavy atom. The van der Waals surface area contributed by atoms with Crippen LogP contribution in [0.5, 0.6) is 0 Å². The second kappa shape index (κ2) is 9.50. The summed E-state index contributed by atoms with van der Waals surface area (Å²) >= 11 is 0. The molecule has 0 saturated carbocycles. The molecule has 1 aromatic heterocycles. The van der Waals surface area contributed by atoms with E-state index >= 15 is 0 Å². The molecule has 0 aliphatic carbocycles. The molecule has 0 atom stereocenters. The predicted molar refractivity (Wildman–Crippen MR) is 113 cm³/mol. The highest BCUT2D eigenvalue weighted by atomic mass is 32.2. The fourth-order valence-corrected chi connectivity index (χ4v) is 4.51. The van der Waals surface area contributed by atoms with Gasteiger partial charge in [0.15, 0.2) is 0 Å². The van der Waals surface area contributed by atoms with Gasteiger partial charge in [0.1, 0.15) is 0 Å². The van der Waals surface area contributed by atoms with Crippen molar-refractivity contribution in [3.05, 3.63) is 59.4 Å². The Labute approximate surface area is 173 Å². The number of hydrogen-bond donors (Lipinski definition) is 1. The van der Waals surface area contributed by atoms with Gasteiger partial charge in [0.05, 0.1) is 4.90 Å². The molecule has 0 fully saturated rings. The molecule has 2 aromatic rings. The zero-order chi connectivity index (χ0) is 20.9. The fraction of sp³-hybridized carbons (Fsp3) is 0.455. The first-order valence-electron chi connectivity index (χ1n) is 10.1. The predicted octanol–water partition coefficient (Wildman–Crippen LogP) is 2.92. The van der Waals surface area contributed by atoms with E-state index in [1.807, 2.05) is 29.2 Å². The Hall–Kier alpha value is -2.25. The smallest absolute Gasteiger partial charge is 0.240 e. The van der Waals surface area contributed by atoms with E-state index in [-0.39, 0.29) is 17.3 Å². The zero-order valence-electron chi connectivity index (χ0n) is 17.1. The largest absolute Gasteiger partial charge is 0.338 e. The number of benzene rings is 1. The molecule has 156 valence electrons. The average molecular weight is 416 g/mol. The lowest BCUT2D eigenvalue weighted by Gasteiger charge is -2.29. The number of carbonyl (C=O) groups is 1. The van der Waals surface area contributed by atoms with Crippen LogP contribution in [0.15, 0.2) is 47.5 Å². The Morgan fingerprint density at radius 1 is 1.21 bits per heavy atom. The molecule has 0 unspecified atom stereocenters. The SMILES string of the molecule is CC(C)CCC(=O)N1CCc2ccc(S(=O)(=O)NCCc3ccccn3)cc2C1. The molecular weight excluding hydrogens is 386 g/mol. The molecule has 29 heavy (non-hydrogen) atoms. The fourth-order valence-electron chi connectivity index (χ4n) is 3.43. The van der Waals surface area contributed by atoms with Gasteiger partial charge in [-0.25, -0.2) is 13.1 Å². The molecule has 3 rings (SSSR count). The van der Waals surface area contributed by atoms with Crippen LogP contribution < -0.4 is 4.72 Å². The summed E-state index contributed by atoms with van der Waals surface area (Å²) in [7, 11) is -3.60. The van der Waals surface area contributed by atoms with Crippen LogP contribution >= 0.6 is 0 Å². The highest BCUT2D eigenvalue weighted by Gasteiger charge is 2.23. The van der Waals surface area contributed by atoms with Crippen molar-refractivity contribution in [3.63, 3.8) is 0 Å². The minimum atomic E-state index is -3.60. The minimum Gasteiger partial charge on any atom is -0.338 e. The molecule has 1 aliphatic heterocycles. The summed E-state index contributed by atoms with van der Waals surface area (Å²) in [6.45, 7) is 5.67. The van der Waals surface area contributed by atoms with E-state index in [4.69, 9.17) is 0 Å². The first-order valence-corrected chi connectivity index (χ1v) is 11.6. The highest BCUT2D eigenvalue weighted by molar-refractivity contribution is 7.89. The van der Waals surface area contributed by atoms with Crippen LogP contribution in [0.2, 0.25) is 0 Å². The molecule has 0 spiro atoms. The van der Waals surface area contributed by atoms with Crippen LogP contribution in [0.3, 0.4) is 0 Å². The van der Waals surface area contributed by atoms with Crippen molar-refractivity contribution >= 4 is 15.9 Å². The highest BCUT2D eigenvalue weighted by Crippen LogP contribution is 2.23. The number of aromatic nitrogens is 1. The number of nitrogens with zero attached hydrogens (tertiary/aromatic N) is 2. The third kappa shape index (κ3) is 5.87. The van der Waals surface area contributed by atoms with E-state index in [9.17, 15) is 13.2 Å². The van der Waals surface area contributed by atoms with Gasteiger partial charge in [-0.05, 0) is 54.2 Å². The molecular formula is C22H29N3O3S. The molecule has 1 N–H and O–H groups in total. The normalized spacial score (nSPS) is 14.1. The van der Waals surface area contributed by atoms with E-state index in [0.717, 1.165) is 29.7 Å². The van der Waals surface area contributed by atoms with E-state index in [2.05, 4.69) is 23.6 Å². The van der Waals surface area contributed by atoms with Crippen LogP contribution in [-0.2, 0) is 34.2 Å². The van der Waals surface area contributed by atoms with Crippen molar-refractivity contribution in [2.75, 3.05) is 13.1 Å². The van der Waals surface area contributed by atoms with Crippen LogP contribution in [0.4, 0.5) is 0 Å². The van der Waals surface area contributed by atoms with Gasteiger partial charge in [0.25, 0.3) is 0 Å². The van der Waals surface area contributed by atoms with Gasteiger partial charge in [-0.2, -0.15) is 0 Å². The van der Waals surface area contributed by atoms with Crippen LogP contribution in [-0.4, -0.2) is 37.3 Å². The van der Waals surface area contributed by atoms with Crippen LogP contribution in [0.1, 0.15) is 43.5 Å². The number of sulfonamides is 1. The summed E-state index contributed by atoms with van der Waals surface area (Å²) < 4.78 is 28.0. The third-order valence-electron chi connectivity index (χ3n) is 5.19. The van der Waals surface area contributed by atoms with Gasteiger partial charge in [-0.1, -0.05) is 26.0 Å². The molecule has 1 amide bonds. The number of carbonyl (C=O) groups excluding carboxylic acids is 1. The summed E-state index contributed by atoms with van der Waals surface area (Å²) in [6.07, 6.45) is 4.40. The molecule has 7 heteroatoms. The Balaban J connectivity index is 1.64. The summed E-state index contributed by atoms with van der Waals surface area (Å²) in [5.41, 5.74) is 2.88. The molecule has 1 aromatic carbocycles. The summed E-state index contributed by atoms with van der Waals surface area (Å²) in [5.74, 6) is 0.635. The molecule has 0 radical (unpaired) electrons. The quantitative estimate of drug-likeness (QED) is 0.719. The number of fused-ring (bicyclic) bond motifs is 1. The van der Waals surface area contributed by atoms with Crippen molar-refractivity contribution in [2.45, 2.75) is 51.0 Å². The number of rotatable bonds is 8. The molecule has 6 nitrogen and oxygen atoms in total. The molecule has 0 bridgehead atoms. The van der Waals surface area contributed by atoms with Gasteiger partial charge in [0.2, 0.25) is 15.9 Å². The van der Waals surface area contributed by atoms with E-state index < -0.39 is 10.0 Å². The van der Waals surface area contributed by atoms with Gasteiger partial charge in [0, 0.05) is 44.4 Å². The van der Waals surface area contributed by atoms with Crippen molar-refractivity contribution in [1.29, 1.82) is 0 Å². The standard InChI is InChI=1S/C22H29N3O3S/c1-17(2)6-9-22(26)25-14-11-18-7-8-21(15-19(18)16-25)29(27,28)24-13-10-20-5-3-4-12-23-20/h3-5,7-8,12,15,17,24H,6,9-11,13-14,16H2,1-2H3. The average Bonchev–Trinajstić information content (AvgIpc) is 2.71. The minimum absolute atomic E-state index is 0.145. The van der Waals surface area contributed by atoms with Gasteiger partial charge >= 0.3 is 0 Å². The zero-order valence-corrected chi connectivity index (χ0v) is 17.9. The lowest BCUT2D eigenvalue weighted by Crippen LogP contribution is -2.36. The van der Waals surface area contributed by atoms with E-state index in [1.54, 1.807) is 18.3 Å². The molecule has 0 saturated heterocycles. The van der Waals surface area contributed by atoms with Crippen molar-refractivity contribution in [3.8, 4) is 0 Å². The summed E-state index contributed by atoms with van der Waals surface area (Å²) in [5, 5.41) is 0. The Morgan fingerprint density at radius 3 is 2.76 bits per heavy atom. The van der Waals surface area contributed by atoms with Crippen LogP contribution in [0, 0.1) is 5.92 Å². The Kier molecular flexibility index (Phi) is 7.03.